The van der Waals surface area contributed by atoms with Gasteiger partial charge in [-0.3, -0.25) is 4.79 Å². The first-order chi connectivity index (χ1) is 15.1. The Bertz CT molecular complexity index is 1160. The van der Waals surface area contributed by atoms with Crippen LogP contribution in [0.3, 0.4) is 0 Å². The zero-order valence-electron chi connectivity index (χ0n) is 17.8. The maximum Gasteiger partial charge on any atom is 0.220 e. The summed E-state index contributed by atoms with van der Waals surface area (Å²) in [5.74, 6) is 1.67. The number of nitrogens with one attached hydrogen (secondary N) is 1. The molecule has 0 radical (unpaired) electrons. The van der Waals surface area contributed by atoms with E-state index in [-0.39, 0.29) is 5.91 Å². The maximum atomic E-state index is 12.4. The van der Waals surface area contributed by atoms with Crippen molar-refractivity contribution in [2.75, 3.05) is 7.11 Å². The molecule has 1 amide bonds. The smallest absolute Gasteiger partial charge is 0.220 e. The number of fused-ring (bicyclic) bond motifs is 1. The highest BCUT2D eigenvalue weighted by atomic mass is 16.5. The van der Waals surface area contributed by atoms with Crippen molar-refractivity contribution in [2.45, 2.75) is 32.9 Å². The molecule has 0 aliphatic heterocycles. The van der Waals surface area contributed by atoms with E-state index in [1.165, 1.54) is 11.1 Å². The lowest BCUT2D eigenvalue weighted by atomic mass is 10.1. The van der Waals surface area contributed by atoms with Gasteiger partial charge in [0.25, 0.3) is 0 Å². The second-order valence-corrected chi connectivity index (χ2v) is 7.57. The Morgan fingerprint density at radius 1 is 1.03 bits per heavy atom. The van der Waals surface area contributed by atoms with Crippen molar-refractivity contribution in [1.82, 2.24) is 19.9 Å². The molecule has 0 saturated carbocycles. The summed E-state index contributed by atoms with van der Waals surface area (Å²) in [6.45, 7) is 3.24. The Labute approximate surface area is 181 Å². The SMILES string of the molecule is COc1ccc(CNC(=O)CCc2nc3cccnc3n2Cc2ccc(C)cc2)cc1. The zero-order chi connectivity index (χ0) is 21.6. The van der Waals surface area contributed by atoms with Gasteiger partial charge in [0, 0.05) is 25.6 Å². The number of benzene rings is 2. The van der Waals surface area contributed by atoms with Crippen LogP contribution in [0, 0.1) is 6.92 Å². The first kappa shape index (κ1) is 20.6. The van der Waals surface area contributed by atoms with E-state index < -0.39 is 0 Å². The summed E-state index contributed by atoms with van der Waals surface area (Å²) in [5, 5.41) is 2.98. The normalized spacial score (nSPS) is 10.9. The number of nitrogens with zero attached hydrogens (tertiary/aromatic N) is 3. The van der Waals surface area contributed by atoms with E-state index in [1.807, 2.05) is 36.4 Å². The lowest BCUT2D eigenvalue weighted by Gasteiger charge is -2.10. The fourth-order valence-electron chi connectivity index (χ4n) is 3.50. The van der Waals surface area contributed by atoms with Gasteiger partial charge in [-0.1, -0.05) is 42.0 Å². The highest BCUT2D eigenvalue weighted by molar-refractivity contribution is 5.76. The third-order valence-electron chi connectivity index (χ3n) is 5.27. The fourth-order valence-corrected chi connectivity index (χ4v) is 3.50. The molecule has 158 valence electrons. The van der Waals surface area contributed by atoms with Crippen LogP contribution < -0.4 is 10.1 Å². The van der Waals surface area contributed by atoms with Crippen LogP contribution in [0.2, 0.25) is 0 Å². The number of pyridine rings is 1. The average molecular weight is 415 g/mol. The van der Waals surface area contributed by atoms with Gasteiger partial charge in [0.15, 0.2) is 5.65 Å². The molecule has 4 rings (SSSR count). The number of methoxy groups -OCH3 is 1. The quantitative estimate of drug-likeness (QED) is 0.472. The third-order valence-corrected chi connectivity index (χ3v) is 5.27. The summed E-state index contributed by atoms with van der Waals surface area (Å²) >= 11 is 0. The molecule has 2 heterocycles. The van der Waals surface area contributed by atoms with E-state index in [2.05, 4.69) is 46.1 Å². The Kier molecular flexibility index (Phi) is 6.26. The largest absolute Gasteiger partial charge is 0.497 e. The van der Waals surface area contributed by atoms with Crippen LogP contribution in [0.4, 0.5) is 0 Å². The van der Waals surface area contributed by atoms with Crippen LogP contribution >= 0.6 is 0 Å². The monoisotopic (exact) mass is 414 g/mol. The number of ether oxygens (including phenoxy) is 1. The van der Waals surface area contributed by atoms with Gasteiger partial charge in [-0.25, -0.2) is 9.97 Å². The number of carbonyl (C=O) groups excluding carboxylic acids is 1. The minimum Gasteiger partial charge on any atom is -0.497 e. The van der Waals surface area contributed by atoms with Gasteiger partial charge >= 0.3 is 0 Å². The molecule has 0 saturated heterocycles. The lowest BCUT2D eigenvalue weighted by Crippen LogP contribution is -2.23. The van der Waals surface area contributed by atoms with Crippen molar-refractivity contribution in [3.63, 3.8) is 0 Å². The van der Waals surface area contributed by atoms with Crippen LogP contribution in [0.5, 0.6) is 5.75 Å². The Hall–Kier alpha value is -3.67. The molecule has 0 atom stereocenters. The van der Waals surface area contributed by atoms with Gasteiger partial charge < -0.3 is 14.6 Å². The van der Waals surface area contributed by atoms with Gasteiger partial charge in [-0.05, 0) is 42.3 Å². The minimum atomic E-state index is -0.00211. The topological polar surface area (TPSA) is 69.0 Å². The molecule has 6 heteroatoms. The fraction of sp³-hybridized carbons (Fsp3) is 0.240. The molecule has 0 aliphatic carbocycles. The van der Waals surface area contributed by atoms with E-state index in [4.69, 9.17) is 9.72 Å². The van der Waals surface area contributed by atoms with E-state index >= 15 is 0 Å². The summed E-state index contributed by atoms with van der Waals surface area (Å²) in [5.41, 5.74) is 5.14. The minimum absolute atomic E-state index is 0.00211. The highest BCUT2D eigenvalue weighted by Crippen LogP contribution is 2.18. The maximum absolute atomic E-state index is 12.4. The van der Waals surface area contributed by atoms with Gasteiger partial charge in [-0.15, -0.1) is 0 Å². The molecular weight excluding hydrogens is 388 g/mol. The summed E-state index contributed by atoms with van der Waals surface area (Å²) in [4.78, 5) is 21.7. The molecule has 0 bridgehead atoms. The molecule has 0 spiro atoms. The van der Waals surface area contributed by atoms with Crippen LogP contribution in [-0.4, -0.2) is 27.6 Å². The van der Waals surface area contributed by atoms with Crippen molar-refractivity contribution in [1.29, 1.82) is 0 Å². The first-order valence-corrected chi connectivity index (χ1v) is 10.4. The van der Waals surface area contributed by atoms with E-state index in [0.29, 0.717) is 25.9 Å². The van der Waals surface area contributed by atoms with Crippen LogP contribution in [0.15, 0.2) is 66.9 Å². The summed E-state index contributed by atoms with van der Waals surface area (Å²) < 4.78 is 7.27. The van der Waals surface area contributed by atoms with Gasteiger partial charge in [-0.2, -0.15) is 0 Å². The van der Waals surface area contributed by atoms with Gasteiger partial charge in [0.2, 0.25) is 5.91 Å². The molecule has 4 aromatic rings. The number of rotatable bonds is 8. The van der Waals surface area contributed by atoms with Crippen LogP contribution in [0.25, 0.3) is 11.2 Å². The van der Waals surface area contributed by atoms with Crippen molar-refractivity contribution >= 4 is 17.1 Å². The lowest BCUT2D eigenvalue weighted by molar-refractivity contribution is -0.121. The summed E-state index contributed by atoms with van der Waals surface area (Å²) in [6, 6.07) is 20.0. The summed E-state index contributed by atoms with van der Waals surface area (Å²) in [7, 11) is 1.64. The number of imidazole rings is 1. The van der Waals surface area contributed by atoms with E-state index in [0.717, 1.165) is 28.3 Å². The number of hydrogen-bond acceptors (Lipinski definition) is 4. The van der Waals surface area contributed by atoms with Crippen LogP contribution in [-0.2, 0) is 24.3 Å². The van der Waals surface area contributed by atoms with Gasteiger partial charge in [0.1, 0.15) is 17.1 Å². The molecular formula is C25H26N4O2. The number of hydrogen-bond donors (Lipinski definition) is 1. The Balaban J connectivity index is 1.43. The van der Waals surface area contributed by atoms with E-state index in [1.54, 1.807) is 13.3 Å². The predicted molar refractivity (Wildman–Crippen MR) is 121 cm³/mol. The average Bonchev–Trinajstić information content (AvgIpc) is 3.15. The molecule has 2 aromatic carbocycles. The van der Waals surface area contributed by atoms with Crippen molar-refractivity contribution in [3.05, 3.63) is 89.4 Å². The number of aryl methyl sites for hydroxylation is 2. The molecule has 0 fully saturated rings. The van der Waals surface area contributed by atoms with Crippen LogP contribution in [0.1, 0.15) is 28.9 Å². The first-order valence-electron chi connectivity index (χ1n) is 10.4. The second kappa shape index (κ2) is 9.43. The molecule has 0 unspecified atom stereocenters. The van der Waals surface area contributed by atoms with E-state index in [9.17, 15) is 4.79 Å². The predicted octanol–water partition coefficient (Wildman–Crippen LogP) is 4.05. The Morgan fingerprint density at radius 3 is 2.52 bits per heavy atom. The third kappa shape index (κ3) is 5.09. The summed E-state index contributed by atoms with van der Waals surface area (Å²) in [6.07, 6.45) is 2.70. The molecule has 6 nitrogen and oxygen atoms in total. The van der Waals surface area contributed by atoms with Crippen molar-refractivity contribution in [2.24, 2.45) is 0 Å². The molecule has 31 heavy (non-hydrogen) atoms. The molecule has 1 N–H and O–H groups in total. The highest BCUT2D eigenvalue weighted by Gasteiger charge is 2.13. The van der Waals surface area contributed by atoms with Gasteiger partial charge in [0.05, 0.1) is 13.7 Å². The second-order valence-electron chi connectivity index (χ2n) is 7.57. The number of amides is 1. The Morgan fingerprint density at radius 2 is 1.77 bits per heavy atom. The van der Waals surface area contributed by atoms with Crippen molar-refractivity contribution in [3.8, 4) is 5.75 Å². The number of carbonyl (C=O) groups is 1. The van der Waals surface area contributed by atoms with Crippen molar-refractivity contribution < 1.29 is 9.53 Å². The molecule has 0 aliphatic rings. The standard InChI is InChI=1S/C25H26N4O2/c1-18-5-7-20(8-6-18)17-29-23(28-22-4-3-15-26-25(22)29)13-14-24(30)27-16-19-9-11-21(31-2)12-10-19/h3-12,15H,13-14,16-17H2,1-2H3,(H,27,30). The number of aromatic nitrogens is 3. The molecule has 2 aromatic heterocycles. The zero-order valence-corrected chi connectivity index (χ0v) is 17.8.